The van der Waals surface area contributed by atoms with Crippen LogP contribution in [-0.4, -0.2) is 29.6 Å². The van der Waals surface area contributed by atoms with Crippen LogP contribution in [-0.2, 0) is 37.4 Å². The summed E-state index contributed by atoms with van der Waals surface area (Å²) >= 11 is 5.96. The van der Waals surface area contributed by atoms with Gasteiger partial charge in [0.2, 0.25) is 16.1 Å². The maximum atomic E-state index is 13.5. The van der Waals surface area contributed by atoms with E-state index in [4.69, 9.17) is 16.3 Å². The number of nitrogens with one attached hydrogen (secondary N) is 1. The van der Waals surface area contributed by atoms with Gasteiger partial charge in [0.1, 0.15) is 0 Å². The van der Waals surface area contributed by atoms with E-state index in [0.717, 1.165) is 5.56 Å². The summed E-state index contributed by atoms with van der Waals surface area (Å²) in [6.45, 7) is 1.43. The van der Waals surface area contributed by atoms with Crippen molar-refractivity contribution >= 4 is 39.2 Å². The first kappa shape index (κ1) is 28.0. The average molecular weight is 564 g/mol. The van der Waals surface area contributed by atoms with Crippen LogP contribution in [0.15, 0.2) is 108 Å². The lowest BCUT2D eigenvalue weighted by Gasteiger charge is -2.23. The number of hydrogen-bond donors (Lipinski definition) is 1. The van der Waals surface area contributed by atoms with E-state index in [1.165, 1.54) is 35.5 Å². The summed E-state index contributed by atoms with van der Waals surface area (Å²) in [6, 6.07) is 25.1. The van der Waals surface area contributed by atoms with E-state index in [1.807, 2.05) is 6.07 Å². The van der Waals surface area contributed by atoms with Gasteiger partial charge >= 0.3 is 5.97 Å². The van der Waals surface area contributed by atoms with Crippen LogP contribution in [0.25, 0.3) is 0 Å². The molecule has 1 N–H and O–H groups in total. The van der Waals surface area contributed by atoms with E-state index in [-0.39, 0.29) is 18.0 Å². The van der Waals surface area contributed by atoms with Crippen LogP contribution in [0.5, 0.6) is 0 Å². The van der Waals surface area contributed by atoms with Gasteiger partial charge in [-0.1, -0.05) is 60.1 Å². The minimum absolute atomic E-state index is 0.0775. The lowest BCUT2D eigenvalue weighted by molar-refractivity contribution is -0.152. The normalized spacial score (nSPS) is 12.1. The number of halogens is 1. The van der Waals surface area contributed by atoms with E-state index in [2.05, 4.69) is 10.3 Å². The first-order valence-corrected chi connectivity index (χ1v) is 13.8. The molecule has 0 saturated heterocycles. The highest BCUT2D eigenvalue weighted by Gasteiger charge is 2.26. The van der Waals surface area contributed by atoms with Gasteiger partial charge in [0, 0.05) is 48.7 Å². The third kappa shape index (κ3) is 7.51. The van der Waals surface area contributed by atoms with Crippen molar-refractivity contribution in [3.8, 4) is 0 Å². The molecule has 1 aromatic heterocycles. The monoisotopic (exact) mass is 563 g/mol. The third-order valence-corrected chi connectivity index (χ3v) is 7.80. The van der Waals surface area contributed by atoms with Crippen molar-refractivity contribution in [1.29, 1.82) is 0 Å². The number of anilines is 1. The van der Waals surface area contributed by atoms with Crippen LogP contribution >= 0.6 is 11.6 Å². The summed E-state index contributed by atoms with van der Waals surface area (Å²) in [7, 11) is -3.87. The Morgan fingerprint density at radius 1 is 0.897 bits per heavy atom. The van der Waals surface area contributed by atoms with E-state index >= 15 is 0 Å². The predicted molar refractivity (Wildman–Crippen MR) is 148 cm³/mol. The van der Waals surface area contributed by atoms with Crippen LogP contribution in [0.2, 0.25) is 5.02 Å². The Morgan fingerprint density at radius 3 is 2.18 bits per heavy atom. The zero-order valence-corrected chi connectivity index (χ0v) is 22.6. The number of pyridine rings is 1. The number of hydrogen-bond acceptors (Lipinski definition) is 6. The Labute approximate surface area is 232 Å². The van der Waals surface area contributed by atoms with Gasteiger partial charge in [-0.25, -0.2) is 8.42 Å². The predicted octanol–water partition coefficient (Wildman–Crippen LogP) is 5.37. The number of carbonyl (C=O) groups is 2. The van der Waals surface area contributed by atoms with Gasteiger partial charge in [0.05, 0.1) is 4.90 Å². The second-order valence-electron chi connectivity index (χ2n) is 8.67. The topological polar surface area (TPSA) is 106 Å². The number of amides is 1. The molecule has 1 heterocycles. The molecule has 0 aliphatic rings. The molecule has 1 unspecified atom stereocenters. The van der Waals surface area contributed by atoms with Gasteiger partial charge < -0.3 is 10.1 Å². The summed E-state index contributed by atoms with van der Waals surface area (Å²) in [5.74, 6) is -1.09. The third-order valence-electron chi connectivity index (χ3n) is 5.74. The first-order valence-electron chi connectivity index (χ1n) is 12.0. The summed E-state index contributed by atoms with van der Waals surface area (Å²) in [5, 5.41) is 3.20. The lowest BCUT2D eigenvalue weighted by Crippen LogP contribution is -2.30. The highest BCUT2D eigenvalue weighted by atomic mass is 35.5. The van der Waals surface area contributed by atoms with Crippen LogP contribution in [0, 0.1) is 0 Å². The number of carbonyl (C=O) groups excluding carboxylic acids is 2. The SMILES string of the molecule is CC(=O)OC(C(=O)Nc1ccc(CN(Cc2cccnc2)S(=O)(=O)c2ccc(Cl)cc2)cc1)c1ccccc1. The molecule has 10 heteroatoms. The van der Waals surface area contributed by atoms with Gasteiger partial charge in [-0.2, -0.15) is 4.31 Å². The summed E-state index contributed by atoms with van der Waals surface area (Å²) < 4.78 is 33.7. The molecule has 0 fully saturated rings. The fourth-order valence-electron chi connectivity index (χ4n) is 3.85. The molecular weight excluding hydrogens is 538 g/mol. The molecule has 0 aliphatic heterocycles. The largest absolute Gasteiger partial charge is 0.447 e. The number of rotatable bonds is 10. The maximum Gasteiger partial charge on any atom is 0.303 e. The Kier molecular flexibility index (Phi) is 9.08. The second kappa shape index (κ2) is 12.7. The molecule has 39 heavy (non-hydrogen) atoms. The van der Waals surface area contributed by atoms with E-state index in [9.17, 15) is 18.0 Å². The Balaban J connectivity index is 1.53. The fourth-order valence-corrected chi connectivity index (χ4v) is 5.39. The Morgan fingerprint density at radius 2 is 1.56 bits per heavy atom. The fraction of sp³-hybridized carbons (Fsp3) is 0.138. The molecule has 4 rings (SSSR count). The first-order chi connectivity index (χ1) is 18.7. The summed E-state index contributed by atoms with van der Waals surface area (Å²) in [4.78, 5) is 28.7. The van der Waals surface area contributed by atoms with E-state index in [0.29, 0.717) is 21.8 Å². The smallest absolute Gasteiger partial charge is 0.303 e. The molecule has 1 atom stereocenters. The van der Waals surface area contributed by atoms with Crippen molar-refractivity contribution < 1.29 is 22.7 Å². The molecule has 8 nitrogen and oxygen atoms in total. The molecule has 0 saturated carbocycles. The van der Waals surface area contributed by atoms with Gasteiger partial charge in [-0.05, 0) is 53.6 Å². The van der Waals surface area contributed by atoms with Gasteiger partial charge in [-0.15, -0.1) is 0 Å². The van der Waals surface area contributed by atoms with Crippen LogP contribution in [0.4, 0.5) is 5.69 Å². The quantitative estimate of drug-likeness (QED) is 0.260. The maximum absolute atomic E-state index is 13.5. The van der Waals surface area contributed by atoms with Crippen molar-refractivity contribution in [1.82, 2.24) is 9.29 Å². The van der Waals surface area contributed by atoms with Crippen LogP contribution in [0.1, 0.15) is 29.7 Å². The molecule has 4 aromatic rings. The number of nitrogens with zero attached hydrogens (tertiary/aromatic N) is 2. The standard InChI is InChI=1S/C29H26ClN3O5S/c1-21(34)38-28(24-7-3-2-4-8-24)29(35)32-26-13-9-22(10-14-26)19-33(20-23-6-5-17-31-18-23)39(36,37)27-15-11-25(30)12-16-27/h2-18,28H,19-20H2,1H3,(H,32,35). The molecule has 1 amide bonds. The zero-order valence-electron chi connectivity index (χ0n) is 21.0. The molecule has 3 aromatic carbocycles. The lowest BCUT2D eigenvalue weighted by atomic mass is 10.1. The van der Waals surface area contributed by atoms with E-state index < -0.39 is 28.0 Å². The Hall–Kier alpha value is -4.05. The van der Waals surface area contributed by atoms with Gasteiger partial charge in [0.15, 0.2) is 0 Å². The van der Waals surface area contributed by atoms with Crippen LogP contribution in [0.3, 0.4) is 0 Å². The molecule has 0 bridgehead atoms. The second-order valence-corrected chi connectivity index (χ2v) is 11.0. The number of benzene rings is 3. The minimum Gasteiger partial charge on any atom is -0.447 e. The van der Waals surface area contributed by atoms with Crippen molar-refractivity contribution in [2.75, 3.05) is 5.32 Å². The average Bonchev–Trinajstić information content (AvgIpc) is 2.93. The minimum atomic E-state index is -3.87. The molecular formula is C29H26ClN3O5S. The van der Waals surface area contributed by atoms with E-state index in [1.54, 1.807) is 73.1 Å². The molecule has 0 radical (unpaired) electrons. The zero-order chi connectivity index (χ0) is 27.8. The van der Waals surface area contributed by atoms with Crippen molar-refractivity contribution in [2.45, 2.75) is 31.0 Å². The molecule has 0 spiro atoms. The molecule has 200 valence electrons. The summed E-state index contributed by atoms with van der Waals surface area (Å²) in [5.41, 5.74) is 2.45. The van der Waals surface area contributed by atoms with Crippen LogP contribution < -0.4 is 5.32 Å². The number of aromatic nitrogens is 1. The van der Waals surface area contributed by atoms with Crippen molar-refractivity contribution in [3.63, 3.8) is 0 Å². The van der Waals surface area contributed by atoms with Gasteiger partial charge in [-0.3, -0.25) is 14.6 Å². The van der Waals surface area contributed by atoms with Crippen molar-refractivity contribution in [2.24, 2.45) is 0 Å². The Bertz CT molecular complexity index is 1520. The highest BCUT2D eigenvalue weighted by molar-refractivity contribution is 7.89. The number of esters is 1. The van der Waals surface area contributed by atoms with Crippen molar-refractivity contribution in [3.05, 3.63) is 125 Å². The number of ether oxygens (including phenoxy) is 1. The summed E-state index contributed by atoms with van der Waals surface area (Å²) in [6.07, 6.45) is 2.14. The molecule has 0 aliphatic carbocycles. The van der Waals surface area contributed by atoms with Gasteiger partial charge in [0.25, 0.3) is 5.91 Å². The highest BCUT2D eigenvalue weighted by Crippen LogP contribution is 2.24. The number of sulfonamides is 1.